The molecule has 0 atom stereocenters. The molecule has 0 aromatic carbocycles. The van der Waals surface area contributed by atoms with Gasteiger partial charge < -0.3 is 0 Å². The minimum absolute atomic E-state index is 1.11. The van der Waals surface area contributed by atoms with Crippen molar-refractivity contribution in [1.29, 1.82) is 0 Å². The first-order valence-corrected chi connectivity index (χ1v) is 8.86. The van der Waals surface area contributed by atoms with E-state index in [1.807, 2.05) is 0 Å². The molecule has 0 N–H and O–H groups in total. The third kappa shape index (κ3) is 7.44. The van der Waals surface area contributed by atoms with Crippen LogP contribution in [0, 0.1) is 11.8 Å². The van der Waals surface area contributed by atoms with Crippen LogP contribution in [0.3, 0.4) is 0 Å². The van der Waals surface area contributed by atoms with Crippen LogP contribution in [-0.4, -0.2) is 0 Å². The molecule has 0 unspecified atom stereocenters. The van der Waals surface area contributed by atoms with Crippen molar-refractivity contribution in [1.82, 2.24) is 0 Å². The molecule has 0 heterocycles. The molecule has 0 radical (unpaired) electrons. The monoisotopic (exact) mass is 252 g/mol. The van der Waals surface area contributed by atoms with E-state index in [4.69, 9.17) is 0 Å². The molecular formula is C18H36. The van der Waals surface area contributed by atoms with E-state index in [-0.39, 0.29) is 0 Å². The molecule has 0 nitrogen and oxygen atoms in total. The van der Waals surface area contributed by atoms with Gasteiger partial charge in [-0.15, -0.1) is 0 Å². The van der Waals surface area contributed by atoms with Gasteiger partial charge in [0.25, 0.3) is 0 Å². The fraction of sp³-hybridized carbons (Fsp3) is 1.00. The Bertz CT molecular complexity index is 167. The molecule has 1 fully saturated rings. The Morgan fingerprint density at radius 1 is 0.556 bits per heavy atom. The quantitative estimate of drug-likeness (QED) is 0.338. The lowest BCUT2D eigenvalue weighted by Crippen LogP contribution is -2.23. The first-order chi connectivity index (χ1) is 8.86. The zero-order valence-electron chi connectivity index (χ0n) is 13.1. The summed E-state index contributed by atoms with van der Waals surface area (Å²) in [6, 6.07) is 0. The summed E-state index contributed by atoms with van der Waals surface area (Å²) in [6.07, 6.45) is 20.8. The molecule has 18 heavy (non-hydrogen) atoms. The molecule has 108 valence electrons. The van der Waals surface area contributed by atoms with Crippen molar-refractivity contribution in [3.63, 3.8) is 0 Å². The topological polar surface area (TPSA) is 0 Å². The second-order valence-electron chi connectivity index (χ2n) is 6.61. The number of rotatable bonds is 12. The Kier molecular flexibility index (Phi) is 9.70. The molecule has 0 aliphatic heterocycles. The van der Waals surface area contributed by atoms with Gasteiger partial charge in [0.05, 0.1) is 0 Å². The van der Waals surface area contributed by atoms with Crippen molar-refractivity contribution < 1.29 is 0 Å². The van der Waals surface area contributed by atoms with Crippen LogP contribution in [0.1, 0.15) is 104 Å². The standard InChI is InChI=1S/C18H36/c1-3-5-6-7-8-9-10-11-12-14-18-15-17(16-18)13-4-2/h17-18H,3-16H2,1-2H3. The van der Waals surface area contributed by atoms with Crippen LogP contribution in [0.5, 0.6) is 0 Å². The van der Waals surface area contributed by atoms with Gasteiger partial charge in [0.15, 0.2) is 0 Å². The first kappa shape index (κ1) is 16.1. The molecular weight excluding hydrogens is 216 g/mol. The average molecular weight is 252 g/mol. The minimum Gasteiger partial charge on any atom is -0.0654 e. The number of hydrogen-bond acceptors (Lipinski definition) is 0. The fourth-order valence-corrected chi connectivity index (χ4v) is 3.50. The summed E-state index contributed by atoms with van der Waals surface area (Å²) in [6.45, 7) is 4.62. The summed E-state index contributed by atoms with van der Waals surface area (Å²) in [5.41, 5.74) is 0. The maximum atomic E-state index is 2.33. The second-order valence-corrected chi connectivity index (χ2v) is 6.61. The molecule has 1 aliphatic carbocycles. The predicted octanol–water partition coefficient (Wildman–Crippen LogP) is 6.73. The SMILES string of the molecule is CCCCCCCCCCCC1CC(CCC)C1. The van der Waals surface area contributed by atoms with Crippen molar-refractivity contribution in [2.45, 2.75) is 104 Å². The molecule has 0 saturated heterocycles. The molecule has 0 spiro atoms. The van der Waals surface area contributed by atoms with Gasteiger partial charge in [-0.3, -0.25) is 0 Å². The van der Waals surface area contributed by atoms with E-state index < -0.39 is 0 Å². The van der Waals surface area contributed by atoms with Gasteiger partial charge >= 0.3 is 0 Å². The van der Waals surface area contributed by atoms with E-state index in [1.165, 1.54) is 77.0 Å². The Morgan fingerprint density at radius 2 is 1.06 bits per heavy atom. The van der Waals surface area contributed by atoms with Crippen LogP contribution < -0.4 is 0 Å². The average Bonchev–Trinajstić information content (AvgIpc) is 2.33. The largest absolute Gasteiger partial charge is 0.0654 e. The Hall–Kier alpha value is 0. The third-order valence-electron chi connectivity index (χ3n) is 4.75. The summed E-state index contributed by atoms with van der Waals surface area (Å²) in [5, 5.41) is 0. The van der Waals surface area contributed by atoms with Gasteiger partial charge in [0.2, 0.25) is 0 Å². The Labute approximate surface area is 116 Å². The molecule has 0 amide bonds. The lowest BCUT2D eigenvalue weighted by Gasteiger charge is -2.35. The van der Waals surface area contributed by atoms with E-state index in [1.54, 1.807) is 12.8 Å². The van der Waals surface area contributed by atoms with Crippen LogP contribution in [0.15, 0.2) is 0 Å². The summed E-state index contributed by atoms with van der Waals surface area (Å²) in [5.74, 6) is 2.23. The highest BCUT2D eigenvalue weighted by molar-refractivity contribution is 4.78. The van der Waals surface area contributed by atoms with Gasteiger partial charge in [-0.05, 0) is 24.7 Å². The highest BCUT2D eigenvalue weighted by Gasteiger charge is 2.27. The van der Waals surface area contributed by atoms with Crippen molar-refractivity contribution >= 4 is 0 Å². The smallest absolute Gasteiger partial charge is 0.0409 e. The molecule has 0 aromatic rings. The van der Waals surface area contributed by atoms with E-state index in [0.29, 0.717) is 0 Å². The minimum atomic E-state index is 1.11. The van der Waals surface area contributed by atoms with E-state index in [2.05, 4.69) is 13.8 Å². The normalized spacial score (nSPS) is 23.0. The zero-order valence-corrected chi connectivity index (χ0v) is 13.1. The van der Waals surface area contributed by atoms with Crippen molar-refractivity contribution in [3.05, 3.63) is 0 Å². The fourth-order valence-electron chi connectivity index (χ4n) is 3.50. The van der Waals surface area contributed by atoms with Crippen molar-refractivity contribution in [2.24, 2.45) is 11.8 Å². The molecule has 0 bridgehead atoms. The molecule has 1 saturated carbocycles. The van der Waals surface area contributed by atoms with Crippen LogP contribution in [0.4, 0.5) is 0 Å². The maximum Gasteiger partial charge on any atom is -0.0409 e. The molecule has 0 aromatic heterocycles. The highest BCUT2D eigenvalue weighted by atomic mass is 14.3. The first-order valence-electron chi connectivity index (χ1n) is 8.86. The number of hydrogen-bond donors (Lipinski definition) is 0. The van der Waals surface area contributed by atoms with Gasteiger partial charge in [0, 0.05) is 0 Å². The second kappa shape index (κ2) is 10.9. The lowest BCUT2D eigenvalue weighted by molar-refractivity contribution is 0.166. The molecule has 0 heteroatoms. The Balaban J connectivity index is 1.72. The van der Waals surface area contributed by atoms with E-state index in [9.17, 15) is 0 Å². The molecule has 1 rings (SSSR count). The zero-order chi connectivity index (χ0) is 13.1. The van der Waals surface area contributed by atoms with Gasteiger partial charge in [-0.2, -0.15) is 0 Å². The van der Waals surface area contributed by atoms with Crippen LogP contribution in [0.25, 0.3) is 0 Å². The van der Waals surface area contributed by atoms with Crippen molar-refractivity contribution in [2.75, 3.05) is 0 Å². The maximum absolute atomic E-state index is 2.33. The summed E-state index contributed by atoms with van der Waals surface area (Å²) < 4.78 is 0. The summed E-state index contributed by atoms with van der Waals surface area (Å²) >= 11 is 0. The van der Waals surface area contributed by atoms with Gasteiger partial charge in [-0.25, -0.2) is 0 Å². The van der Waals surface area contributed by atoms with Crippen LogP contribution in [0.2, 0.25) is 0 Å². The summed E-state index contributed by atoms with van der Waals surface area (Å²) in [4.78, 5) is 0. The highest BCUT2D eigenvalue weighted by Crippen LogP contribution is 2.39. The van der Waals surface area contributed by atoms with E-state index in [0.717, 1.165) is 11.8 Å². The van der Waals surface area contributed by atoms with Gasteiger partial charge in [0.1, 0.15) is 0 Å². The predicted molar refractivity (Wildman–Crippen MR) is 83.0 cm³/mol. The Morgan fingerprint density at radius 3 is 1.61 bits per heavy atom. The molecule has 1 aliphatic rings. The third-order valence-corrected chi connectivity index (χ3v) is 4.75. The lowest BCUT2D eigenvalue weighted by atomic mass is 9.71. The van der Waals surface area contributed by atoms with Crippen LogP contribution in [-0.2, 0) is 0 Å². The van der Waals surface area contributed by atoms with E-state index >= 15 is 0 Å². The summed E-state index contributed by atoms with van der Waals surface area (Å²) in [7, 11) is 0. The number of unbranched alkanes of at least 4 members (excludes halogenated alkanes) is 8. The van der Waals surface area contributed by atoms with Crippen molar-refractivity contribution in [3.8, 4) is 0 Å². The van der Waals surface area contributed by atoms with Crippen LogP contribution >= 0.6 is 0 Å². The van der Waals surface area contributed by atoms with Gasteiger partial charge in [-0.1, -0.05) is 90.9 Å².